The molecule has 0 saturated carbocycles. The van der Waals surface area contributed by atoms with Gasteiger partial charge in [0.05, 0.1) is 0 Å². The lowest BCUT2D eigenvalue weighted by Crippen LogP contribution is -2.57. The summed E-state index contributed by atoms with van der Waals surface area (Å²) >= 11 is 0. The summed E-state index contributed by atoms with van der Waals surface area (Å²) in [4.78, 5) is 0. The van der Waals surface area contributed by atoms with Gasteiger partial charge in [0.1, 0.15) is 0 Å². The first kappa shape index (κ1) is 19.5. The van der Waals surface area contributed by atoms with Gasteiger partial charge in [-0.2, -0.15) is 0 Å². The normalized spacial score (nSPS) is 12.7. The Bertz CT molecular complexity index is 458. The summed E-state index contributed by atoms with van der Waals surface area (Å²) in [6.45, 7) is 2.03. The number of hydrogen-bond donors (Lipinski definition) is 0. The minimum Gasteiger partial charge on any atom is -0.377 e. The second-order valence-corrected chi connectivity index (χ2v) is 10.6. The Kier molecular flexibility index (Phi) is 7.36. The summed E-state index contributed by atoms with van der Waals surface area (Å²) < 4.78 is 33.4. The smallest absolute Gasteiger partial charge is 0.377 e. The molecule has 0 spiro atoms. The van der Waals surface area contributed by atoms with Gasteiger partial charge in [-0.3, -0.25) is 0 Å². The first-order valence-corrected chi connectivity index (χ1v) is 10.5. The Labute approximate surface area is 135 Å². The van der Waals surface area contributed by atoms with Crippen molar-refractivity contribution in [1.29, 1.82) is 0 Å². The SMILES string of the molecule is CO[Si](Cc1cc(C)ccc1[Si](OC)(OC)OC)(OC)OC. The van der Waals surface area contributed by atoms with E-state index >= 15 is 0 Å². The molecule has 0 saturated heterocycles. The lowest BCUT2D eigenvalue weighted by atomic mass is 10.2. The van der Waals surface area contributed by atoms with Crippen LogP contribution >= 0.6 is 0 Å². The molecular weight excluding hydrogens is 320 g/mol. The van der Waals surface area contributed by atoms with E-state index in [-0.39, 0.29) is 0 Å². The van der Waals surface area contributed by atoms with E-state index in [1.165, 1.54) is 0 Å². The zero-order valence-electron chi connectivity index (χ0n) is 14.4. The first-order chi connectivity index (χ1) is 10.5. The van der Waals surface area contributed by atoms with Crippen LogP contribution < -0.4 is 5.19 Å². The number of rotatable bonds is 9. The highest BCUT2D eigenvalue weighted by Crippen LogP contribution is 2.18. The van der Waals surface area contributed by atoms with E-state index in [4.69, 9.17) is 26.6 Å². The monoisotopic (exact) mass is 346 g/mol. The molecule has 0 atom stereocenters. The molecule has 0 bridgehead atoms. The van der Waals surface area contributed by atoms with Crippen molar-refractivity contribution >= 4 is 22.8 Å². The van der Waals surface area contributed by atoms with Crippen LogP contribution in [0.2, 0.25) is 0 Å². The van der Waals surface area contributed by atoms with Crippen LogP contribution in [0.25, 0.3) is 0 Å². The van der Waals surface area contributed by atoms with Crippen molar-refractivity contribution < 1.29 is 26.6 Å². The zero-order valence-corrected chi connectivity index (χ0v) is 16.4. The van der Waals surface area contributed by atoms with Crippen LogP contribution in [0, 0.1) is 6.92 Å². The fourth-order valence-corrected chi connectivity index (χ4v) is 6.32. The average Bonchev–Trinajstić information content (AvgIpc) is 2.56. The van der Waals surface area contributed by atoms with Crippen molar-refractivity contribution in [2.24, 2.45) is 0 Å². The van der Waals surface area contributed by atoms with E-state index in [0.29, 0.717) is 6.04 Å². The van der Waals surface area contributed by atoms with Crippen LogP contribution in [0.3, 0.4) is 0 Å². The number of aryl methyl sites for hydroxylation is 1. The molecule has 0 aromatic heterocycles. The summed E-state index contributed by atoms with van der Waals surface area (Å²) in [5.41, 5.74) is 2.12. The molecule has 1 aromatic carbocycles. The molecule has 0 radical (unpaired) electrons. The molecule has 22 heavy (non-hydrogen) atoms. The second-order valence-electron chi connectivity index (χ2n) is 4.80. The molecular formula is C14H26O6Si2. The molecule has 0 aliphatic rings. The standard InChI is InChI=1S/C14H26O6Si2/c1-12-8-9-14(22(18-5,19-6)20-7)13(10-12)11-21(15-2,16-3)17-4/h8-10H,11H2,1-7H3. The maximum absolute atomic E-state index is 5.61. The zero-order chi connectivity index (χ0) is 16.8. The van der Waals surface area contributed by atoms with Crippen molar-refractivity contribution in [3.63, 3.8) is 0 Å². The minimum absolute atomic E-state index is 0.512. The quantitative estimate of drug-likeness (QED) is 0.623. The number of hydrogen-bond acceptors (Lipinski definition) is 6. The molecule has 0 fully saturated rings. The first-order valence-electron chi connectivity index (χ1n) is 6.87. The van der Waals surface area contributed by atoms with Gasteiger partial charge >= 0.3 is 17.6 Å². The second kappa shape index (κ2) is 8.32. The van der Waals surface area contributed by atoms with Gasteiger partial charge in [-0.05, 0) is 12.5 Å². The lowest BCUT2D eigenvalue weighted by molar-refractivity contribution is 0.122. The summed E-state index contributed by atoms with van der Waals surface area (Å²) in [5, 5.41) is 0.897. The Morgan fingerprint density at radius 1 is 0.773 bits per heavy atom. The van der Waals surface area contributed by atoms with E-state index < -0.39 is 17.6 Å². The van der Waals surface area contributed by atoms with Crippen molar-refractivity contribution in [2.45, 2.75) is 13.0 Å². The Balaban J connectivity index is 3.38. The van der Waals surface area contributed by atoms with E-state index in [2.05, 4.69) is 6.07 Å². The highest BCUT2D eigenvalue weighted by molar-refractivity contribution is 6.76. The maximum Gasteiger partial charge on any atom is 0.536 e. The summed E-state index contributed by atoms with van der Waals surface area (Å²) in [6, 6.07) is 6.56. The van der Waals surface area contributed by atoms with Crippen molar-refractivity contribution in [3.05, 3.63) is 29.3 Å². The van der Waals surface area contributed by atoms with Gasteiger partial charge in [0.2, 0.25) is 0 Å². The van der Waals surface area contributed by atoms with Crippen LogP contribution in [0.15, 0.2) is 18.2 Å². The Morgan fingerprint density at radius 3 is 1.68 bits per heavy atom. The number of benzene rings is 1. The molecule has 1 aromatic rings. The highest BCUT2D eigenvalue weighted by Gasteiger charge is 2.46. The van der Waals surface area contributed by atoms with Crippen LogP contribution in [0.1, 0.15) is 11.1 Å². The molecule has 0 amide bonds. The van der Waals surface area contributed by atoms with E-state index in [9.17, 15) is 0 Å². The molecule has 0 aliphatic heterocycles. The van der Waals surface area contributed by atoms with Crippen molar-refractivity contribution in [2.75, 3.05) is 42.7 Å². The Morgan fingerprint density at radius 2 is 1.27 bits per heavy atom. The van der Waals surface area contributed by atoms with Gasteiger partial charge in [0.25, 0.3) is 0 Å². The third-order valence-electron chi connectivity index (χ3n) is 3.74. The third-order valence-corrected chi connectivity index (χ3v) is 9.18. The molecule has 0 heterocycles. The Hall–Kier alpha value is -0.586. The molecule has 0 N–H and O–H groups in total. The third kappa shape index (κ3) is 3.84. The summed E-state index contributed by atoms with van der Waals surface area (Å²) in [6.07, 6.45) is 0. The van der Waals surface area contributed by atoms with E-state index in [1.807, 2.05) is 19.1 Å². The predicted octanol–water partition coefficient (Wildman–Crippen LogP) is 1.04. The molecule has 0 aliphatic carbocycles. The largest absolute Gasteiger partial charge is 0.536 e. The van der Waals surface area contributed by atoms with E-state index in [0.717, 1.165) is 16.3 Å². The van der Waals surface area contributed by atoms with Crippen LogP contribution in [0.4, 0.5) is 0 Å². The van der Waals surface area contributed by atoms with Gasteiger partial charge in [-0.1, -0.05) is 23.8 Å². The van der Waals surface area contributed by atoms with Crippen LogP contribution in [-0.4, -0.2) is 60.3 Å². The van der Waals surface area contributed by atoms with Gasteiger partial charge in [0.15, 0.2) is 0 Å². The fourth-order valence-electron chi connectivity index (χ4n) is 2.45. The predicted molar refractivity (Wildman–Crippen MR) is 88.1 cm³/mol. The fraction of sp³-hybridized carbons (Fsp3) is 0.571. The molecule has 8 heteroatoms. The maximum atomic E-state index is 5.61. The van der Waals surface area contributed by atoms with Gasteiger partial charge in [-0.25, -0.2) is 0 Å². The van der Waals surface area contributed by atoms with Gasteiger partial charge < -0.3 is 26.6 Å². The highest BCUT2D eigenvalue weighted by atomic mass is 28.4. The lowest BCUT2D eigenvalue weighted by Gasteiger charge is -2.30. The summed E-state index contributed by atoms with van der Waals surface area (Å²) in [5.74, 6) is 0. The van der Waals surface area contributed by atoms with E-state index in [1.54, 1.807) is 42.7 Å². The van der Waals surface area contributed by atoms with Crippen LogP contribution in [-0.2, 0) is 32.6 Å². The van der Waals surface area contributed by atoms with Gasteiger partial charge in [-0.15, -0.1) is 0 Å². The molecule has 126 valence electrons. The summed E-state index contributed by atoms with van der Waals surface area (Å²) in [7, 11) is 3.86. The van der Waals surface area contributed by atoms with Crippen molar-refractivity contribution in [3.8, 4) is 0 Å². The van der Waals surface area contributed by atoms with Crippen LogP contribution in [0.5, 0.6) is 0 Å². The molecule has 0 unspecified atom stereocenters. The minimum atomic E-state index is -2.94. The molecule has 1 rings (SSSR count). The molecule has 6 nitrogen and oxygen atoms in total. The van der Waals surface area contributed by atoms with Gasteiger partial charge in [0, 0.05) is 53.9 Å². The topological polar surface area (TPSA) is 55.4 Å². The van der Waals surface area contributed by atoms with Crippen molar-refractivity contribution in [1.82, 2.24) is 0 Å². The average molecular weight is 347 g/mol.